The van der Waals surface area contributed by atoms with Gasteiger partial charge in [0.05, 0.1) is 37.2 Å². The van der Waals surface area contributed by atoms with Crippen LogP contribution in [0.4, 0.5) is 15.0 Å². The first-order chi connectivity index (χ1) is 14.1. The molecule has 10 heteroatoms. The summed E-state index contributed by atoms with van der Waals surface area (Å²) in [6.45, 7) is 4.53. The largest absolute Gasteiger partial charge is 0.481 e. The van der Waals surface area contributed by atoms with Gasteiger partial charge in [-0.05, 0) is 19.1 Å². The molecule has 0 aliphatic carbocycles. The number of halogens is 1. The fraction of sp³-hybridized carbons (Fsp3) is 0.368. The van der Waals surface area contributed by atoms with Crippen LogP contribution >= 0.6 is 0 Å². The number of anilines is 1. The number of fused-ring (bicyclic) bond motifs is 1. The highest BCUT2D eigenvalue weighted by Crippen LogP contribution is 2.31. The molecule has 0 spiro atoms. The first-order valence-corrected chi connectivity index (χ1v) is 9.31. The number of ether oxygens (including phenoxy) is 2. The van der Waals surface area contributed by atoms with E-state index in [9.17, 15) is 9.18 Å². The Balaban J connectivity index is 1.62. The van der Waals surface area contributed by atoms with Crippen LogP contribution in [0, 0.1) is 5.82 Å². The molecule has 3 aromatic rings. The zero-order valence-electron chi connectivity index (χ0n) is 16.2. The molecule has 1 amide bonds. The molecule has 4 heterocycles. The molecule has 1 aliphatic heterocycles. The highest BCUT2D eigenvalue weighted by Gasteiger charge is 2.23. The van der Waals surface area contributed by atoms with Crippen LogP contribution in [0.3, 0.4) is 0 Å². The van der Waals surface area contributed by atoms with Gasteiger partial charge in [-0.1, -0.05) is 0 Å². The van der Waals surface area contributed by atoms with Gasteiger partial charge in [-0.3, -0.25) is 0 Å². The van der Waals surface area contributed by atoms with Crippen LogP contribution in [-0.2, 0) is 4.74 Å². The van der Waals surface area contributed by atoms with Gasteiger partial charge in [0.1, 0.15) is 11.6 Å². The van der Waals surface area contributed by atoms with E-state index in [0.717, 1.165) is 12.0 Å². The summed E-state index contributed by atoms with van der Waals surface area (Å²) in [6.07, 6.45) is 4.23. The van der Waals surface area contributed by atoms with Gasteiger partial charge in [0, 0.05) is 32.4 Å². The monoisotopic (exact) mass is 400 g/mol. The maximum Gasteiger partial charge on any atom is 0.409 e. The van der Waals surface area contributed by atoms with Gasteiger partial charge in [-0.2, -0.15) is 5.10 Å². The summed E-state index contributed by atoms with van der Waals surface area (Å²) in [6, 6.07) is 3.22. The van der Waals surface area contributed by atoms with Crippen LogP contribution in [0.15, 0.2) is 30.7 Å². The third kappa shape index (κ3) is 3.65. The van der Waals surface area contributed by atoms with Gasteiger partial charge in [-0.15, -0.1) is 0 Å². The molecule has 0 N–H and O–H groups in total. The number of rotatable bonds is 4. The number of aromatic nitrogens is 4. The number of amides is 1. The summed E-state index contributed by atoms with van der Waals surface area (Å²) < 4.78 is 25.7. The molecule has 0 aromatic carbocycles. The predicted molar refractivity (Wildman–Crippen MR) is 104 cm³/mol. The lowest BCUT2D eigenvalue weighted by Crippen LogP contribution is -2.49. The Kier molecular flexibility index (Phi) is 5.15. The molecule has 3 aromatic heterocycles. The maximum absolute atomic E-state index is 13.8. The SMILES string of the molecule is CCOC(=O)N1CCN(c2ccn3ncc(-c4cc(F)cnc4OC)c3n2)CC1. The molecule has 29 heavy (non-hydrogen) atoms. The standard InChI is InChI=1S/C19H21FN6O3/c1-3-29-19(27)25-8-6-24(7-9-25)16-4-5-26-17(23-16)15(12-22-26)14-10-13(20)11-21-18(14)28-2/h4-5,10-12H,3,6-9H2,1-2H3. The molecule has 0 atom stereocenters. The normalized spacial score (nSPS) is 14.3. The molecule has 0 radical (unpaired) electrons. The lowest BCUT2D eigenvalue weighted by molar-refractivity contribution is 0.105. The number of pyridine rings is 1. The number of carbonyl (C=O) groups excluding carboxylic acids is 1. The minimum absolute atomic E-state index is 0.292. The summed E-state index contributed by atoms with van der Waals surface area (Å²) in [4.78, 5) is 24.4. The second-order valence-corrected chi connectivity index (χ2v) is 6.50. The van der Waals surface area contributed by atoms with Crippen LogP contribution in [0.5, 0.6) is 5.88 Å². The molecular weight excluding hydrogens is 379 g/mol. The van der Waals surface area contributed by atoms with Crippen molar-refractivity contribution in [2.75, 3.05) is 44.8 Å². The summed E-state index contributed by atoms with van der Waals surface area (Å²) in [5, 5.41) is 4.30. The van der Waals surface area contributed by atoms with Gasteiger partial charge in [0.2, 0.25) is 5.88 Å². The molecule has 1 aliphatic rings. The lowest BCUT2D eigenvalue weighted by atomic mass is 10.1. The summed E-state index contributed by atoms with van der Waals surface area (Å²) in [7, 11) is 1.48. The van der Waals surface area contributed by atoms with E-state index in [1.807, 2.05) is 6.07 Å². The number of piperazine rings is 1. The number of hydrogen-bond acceptors (Lipinski definition) is 7. The van der Waals surface area contributed by atoms with E-state index in [4.69, 9.17) is 14.5 Å². The quantitative estimate of drug-likeness (QED) is 0.664. The molecule has 0 saturated carbocycles. The molecule has 9 nitrogen and oxygen atoms in total. The minimum atomic E-state index is -0.466. The van der Waals surface area contributed by atoms with Crippen LogP contribution < -0.4 is 9.64 Å². The molecule has 152 valence electrons. The average molecular weight is 400 g/mol. The van der Waals surface area contributed by atoms with Crippen LogP contribution in [0.25, 0.3) is 16.8 Å². The Labute approximate surface area is 166 Å². The molecule has 1 fully saturated rings. The fourth-order valence-electron chi connectivity index (χ4n) is 3.34. The Morgan fingerprint density at radius 1 is 1.21 bits per heavy atom. The summed E-state index contributed by atoms with van der Waals surface area (Å²) in [5.41, 5.74) is 1.68. The average Bonchev–Trinajstić information content (AvgIpc) is 3.17. The smallest absolute Gasteiger partial charge is 0.409 e. The second-order valence-electron chi connectivity index (χ2n) is 6.50. The van der Waals surface area contributed by atoms with Gasteiger partial charge >= 0.3 is 6.09 Å². The third-order valence-corrected chi connectivity index (χ3v) is 4.79. The Hall–Kier alpha value is -3.43. The number of nitrogens with zero attached hydrogens (tertiary/aromatic N) is 6. The molecule has 4 rings (SSSR count). The van der Waals surface area contributed by atoms with Crippen molar-refractivity contribution >= 4 is 17.6 Å². The third-order valence-electron chi connectivity index (χ3n) is 4.79. The van der Waals surface area contributed by atoms with Crippen molar-refractivity contribution in [2.24, 2.45) is 0 Å². The fourth-order valence-corrected chi connectivity index (χ4v) is 3.34. The highest BCUT2D eigenvalue weighted by molar-refractivity contribution is 5.80. The van der Waals surface area contributed by atoms with E-state index in [0.29, 0.717) is 55.4 Å². The number of carbonyl (C=O) groups is 1. The summed E-state index contributed by atoms with van der Waals surface area (Å²) in [5.74, 6) is 0.592. The van der Waals surface area contributed by atoms with E-state index >= 15 is 0 Å². The van der Waals surface area contributed by atoms with E-state index in [1.54, 1.807) is 28.7 Å². The van der Waals surface area contributed by atoms with E-state index in [-0.39, 0.29) is 6.09 Å². The second kappa shape index (κ2) is 7.90. The van der Waals surface area contributed by atoms with Crippen molar-refractivity contribution in [2.45, 2.75) is 6.92 Å². The predicted octanol–water partition coefficient (Wildman–Crippen LogP) is 2.22. The maximum atomic E-state index is 13.8. The molecular formula is C19H21FN6O3. The van der Waals surface area contributed by atoms with E-state index in [1.165, 1.54) is 13.2 Å². The Morgan fingerprint density at radius 2 is 2.00 bits per heavy atom. The van der Waals surface area contributed by atoms with Crippen molar-refractivity contribution < 1.29 is 18.7 Å². The molecule has 1 saturated heterocycles. The summed E-state index contributed by atoms with van der Waals surface area (Å²) >= 11 is 0. The van der Waals surface area contributed by atoms with Gasteiger partial charge in [0.25, 0.3) is 0 Å². The van der Waals surface area contributed by atoms with Crippen LogP contribution in [0.1, 0.15) is 6.92 Å². The van der Waals surface area contributed by atoms with Crippen LogP contribution in [-0.4, -0.2) is 70.5 Å². The number of methoxy groups -OCH3 is 1. The van der Waals surface area contributed by atoms with Crippen molar-refractivity contribution in [1.29, 1.82) is 0 Å². The van der Waals surface area contributed by atoms with Gasteiger partial charge in [0.15, 0.2) is 5.65 Å². The number of hydrogen-bond donors (Lipinski definition) is 0. The molecule has 0 bridgehead atoms. The van der Waals surface area contributed by atoms with Gasteiger partial charge < -0.3 is 19.3 Å². The first-order valence-electron chi connectivity index (χ1n) is 9.31. The molecule has 0 unspecified atom stereocenters. The zero-order chi connectivity index (χ0) is 20.4. The van der Waals surface area contributed by atoms with Crippen molar-refractivity contribution in [3.63, 3.8) is 0 Å². The van der Waals surface area contributed by atoms with E-state index in [2.05, 4.69) is 15.0 Å². The van der Waals surface area contributed by atoms with Crippen molar-refractivity contribution in [3.05, 3.63) is 36.5 Å². The Morgan fingerprint density at radius 3 is 2.72 bits per heavy atom. The van der Waals surface area contributed by atoms with Crippen LogP contribution in [0.2, 0.25) is 0 Å². The topological polar surface area (TPSA) is 85.1 Å². The van der Waals surface area contributed by atoms with E-state index < -0.39 is 5.82 Å². The van der Waals surface area contributed by atoms with Gasteiger partial charge in [-0.25, -0.2) is 23.7 Å². The zero-order valence-corrected chi connectivity index (χ0v) is 16.2. The highest BCUT2D eigenvalue weighted by atomic mass is 19.1. The first kappa shape index (κ1) is 18.9. The Bertz CT molecular complexity index is 1030. The minimum Gasteiger partial charge on any atom is -0.481 e. The lowest BCUT2D eigenvalue weighted by Gasteiger charge is -2.34. The van der Waals surface area contributed by atoms with Crippen molar-refractivity contribution in [3.8, 4) is 17.0 Å². The van der Waals surface area contributed by atoms with Crippen molar-refractivity contribution in [1.82, 2.24) is 24.5 Å².